The normalized spacial score (nSPS) is 13.6. The van der Waals surface area contributed by atoms with Crippen LogP contribution in [0.3, 0.4) is 0 Å². The van der Waals surface area contributed by atoms with Gasteiger partial charge in [0.25, 0.3) is 0 Å². The van der Waals surface area contributed by atoms with Crippen LogP contribution in [-0.4, -0.2) is 23.0 Å². The molecule has 1 fully saturated rings. The topological polar surface area (TPSA) is 70.2 Å². The molecule has 2 amide bonds. The molecule has 2 N–H and O–H groups in total. The maximum absolute atomic E-state index is 12.0. The Morgan fingerprint density at radius 1 is 1.24 bits per heavy atom. The van der Waals surface area contributed by atoms with Crippen LogP contribution < -0.4 is 15.8 Å². The maximum Gasteiger partial charge on any atom is 0.338 e. The Bertz CT molecular complexity index is 627. The van der Waals surface area contributed by atoms with Gasteiger partial charge in [0.2, 0.25) is 5.95 Å². The second-order valence-corrected chi connectivity index (χ2v) is 5.07. The second-order valence-electron chi connectivity index (χ2n) is 5.07. The first-order valence-corrected chi connectivity index (χ1v) is 6.91. The summed E-state index contributed by atoms with van der Waals surface area (Å²) in [6.07, 6.45) is 5.72. The summed E-state index contributed by atoms with van der Waals surface area (Å²) >= 11 is 0. The van der Waals surface area contributed by atoms with Crippen LogP contribution in [0, 0.1) is 0 Å². The van der Waals surface area contributed by atoms with E-state index in [-0.39, 0.29) is 6.03 Å². The van der Waals surface area contributed by atoms with Crippen LogP contribution in [0.1, 0.15) is 24.3 Å². The van der Waals surface area contributed by atoms with Crippen LogP contribution in [0.25, 0.3) is 0 Å². The lowest BCUT2D eigenvalue weighted by Crippen LogP contribution is -2.42. The molecule has 2 aromatic rings. The third kappa shape index (κ3) is 3.47. The highest BCUT2D eigenvalue weighted by Gasteiger charge is 2.23. The van der Waals surface area contributed by atoms with Crippen LogP contribution >= 0.6 is 0 Å². The molecule has 21 heavy (non-hydrogen) atoms. The minimum Gasteiger partial charge on any atom is -0.307 e. The van der Waals surface area contributed by atoms with E-state index in [0.717, 1.165) is 5.69 Å². The molecule has 0 bridgehead atoms. The van der Waals surface area contributed by atoms with Crippen LogP contribution in [0.2, 0.25) is 0 Å². The lowest BCUT2D eigenvalue weighted by molar-refractivity contribution is 0.251. The van der Waals surface area contributed by atoms with Gasteiger partial charge in [-0.3, -0.25) is 5.01 Å². The maximum atomic E-state index is 12.0. The molecule has 0 radical (unpaired) electrons. The van der Waals surface area contributed by atoms with Gasteiger partial charge >= 0.3 is 6.03 Å². The molecule has 6 heteroatoms. The molecule has 0 aliphatic heterocycles. The lowest BCUT2D eigenvalue weighted by atomic mass is 10.1. The molecule has 1 aliphatic carbocycles. The summed E-state index contributed by atoms with van der Waals surface area (Å²) in [7, 11) is 1.69. The molecule has 0 saturated heterocycles. The number of amides is 2. The molecule has 3 rings (SSSR count). The van der Waals surface area contributed by atoms with E-state index in [1.165, 1.54) is 23.4 Å². The molecular weight excluding hydrogens is 266 g/mol. The molecule has 1 heterocycles. The van der Waals surface area contributed by atoms with Crippen molar-refractivity contribution in [1.29, 1.82) is 0 Å². The number of anilines is 2. The van der Waals surface area contributed by atoms with Gasteiger partial charge in [0.1, 0.15) is 0 Å². The second kappa shape index (κ2) is 5.78. The van der Waals surface area contributed by atoms with E-state index in [1.54, 1.807) is 25.5 Å². The van der Waals surface area contributed by atoms with Gasteiger partial charge in [0, 0.05) is 25.1 Å². The average Bonchev–Trinajstić information content (AvgIpc) is 3.33. The molecule has 6 nitrogen and oxygen atoms in total. The Labute approximate surface area is 123 Å². The summed E-state index contributed by atoms with van der Waals surface area (Å²) < 4.78 is 0. The van der Waals surface area contributed by atoms with Gasteiger partial charge in [-0.25, -0.2) is 20.2 Å². The van der Waals surface area contributed by atoms with Crippen LogP contribution in [0.4, 0.5) is 16.4 Å². The van der Waals surface area contributed by atoms with Crippen molar-refractivity contribution in [2.24, 2.45) is 0 Å². The molecular formula is C15H17N5O. The number of carbonyl (C=O) groups excluding carboxylic acids is 1. The van der Waals surface area contributed by atoms with Crippen molar-refractivity contribution < 1.29 is 4.79 Å². The number of aromatic nitrogens is 2. The number of carbonyl (C=O) groups is 1. The molecule has 0 unspecified atom stereocenters. The summed E-state index contributed by atoms with van der Waals surface area (Å²) in [6.45, 7) is 0. The number of urea groups is 1. The zero-order valence-electron chi connectivity index (χ0n) is 11.8. The van der Waals surface area contributed by atoms with Gasteiger partial charge in [-0.05, 0) is 42.5 Å². The number of nitrogens with one attached hydrogen (secondary N) is 2. The van der Waals surface area contributed by atoms with E-state index in [9.17, 15) is 4.79 Å². The highest BCUT2D eigenvalue weighted by Crippen LogP contribution is 2.40. The van der Waals surface area contributed by atoms with Crippen LogP contribution in [0.5, 0.6) is 0 Å². The summed E-state index contributed by atoms with van der Waals surface area (Å²) in [4.78, 5) is 20.1. The smallest absolute Gasteiger partial charge is 0.307 e. The molecule has 0 atom stereocenters. The molecule has 1 aliphatic rings. The predicted molar refractivity (Wildman–Crippen MR) is 81.0 cm³/mol. The van der Waals surface area contributed by atoms with Gasteiger partial charge < -0.3 is 5.32 Å². The standard InChI is InChI=1S/C15H17N5O/c1-20(14-16-8-3-9-17-14)19-15(21)18-13-5-2-4-12(10-13)11-6-7-11/h2-5,8-11H,6-7H2,1H3,(H2,18,19,21). The minimum absolute atomic E-state index is 0.321. The third-order valence-corrected chi connectivity index (χ3v) is 3.31. The number of benzene rings is 1. The van der Waals surface area contributed by atoms with Gasteiger partial charge in [0.05, 0.1) is 0 Å². The van der Waals surface area contributed by atoms with Crippen molar-refractivity contribution in [2.75, 3.05) is 17.4 Å². The van der Waals surface area contributed by atoms with Crippen molar-refractivity contribution in [2.45, 2.75) is 18.8 Å². The number of hydrogen-bond acceptors (Lipinski definition) is 4. The Morgan fingerprint density at radius 3 is 2.71 bits per heavy atom. The van der Waals surface area contributed by atoms with Gasteiger partial charge in [-0.2, -0.15) is 0 Å². The van der Waals surface area contributed by atoms with E-state index < -0.39 is 0 Å². The van der Waals surface area contributed by atoms with E-state index in [0.29, 0.717) is 11.9 Å². The predicted octanol–water partition coefficient (Wildman–Crippen LogP) is 2.53. The summed E-state index contributed by atoms with van der Waals surface area (Å²) in [6, 6.07) is 9.37. The van der Waals surface area contributed by atoms with Crippen molar-refractivity contribution >= 4 is 17.7 Å². The van der Waals surface area contributed by atoms with Crippen molar-refractivity contribution in [3.63, 3.8) is 0 Å². The zero-order valence-corrected chi connectivity index (χ0v) is 11.8. The van der Waals surface area contributed by atoms with Crippen LogP contribution in [0.15, 0.2) is 42.7 Å². The van der Waals surface area contributed by atoms with E-state index >= 15 is 0 Å². The van der Waals surface area contributed by atoms with Gasteiger partial charge in [-0.15, -0.1) is 0 Å². The highest BCUT2D eigenvalue weighted by molar-refractivity contribution is 5.90. The summed E-state index contributed by atoms with van der Waals surface area (Å²) in [5, 5.41) is 4.29. The Kier molecular flexibility index (Phi) is 3.68. The lowest BCUT2D eigenvalue weighted by Gasteiger charge is -2.18. The fourth-order valence-corrected chi connectivity index (χ4v) is 2.11. The molecule has 1 aromatic carbocycles. The quantitative estimate of drug-likeness (QED) is 0.846. The highest BCUT2D eigenvalue weighted by atomic mass is 16.2. The van der Waals surface area contributed by atoms with Crippen molar-refractivity contribution in [3.05, 3.63) is 48.3 Å². The first-order valence-electron chi connectivity index (χ1n) is 6.91. The largest absolute Gasteiger partial charge is 0.338 e. The minimum atomic E-state index is -0.321. The third-order valence-electron chi connectivity index (χ3n) is 3.31. The van der Waals surface area contributed by atoms with Crippen molar-refractivity contribution in [3.8, 4) is 0 Å². The molecule has 1 saturated carbocycles. The summed E-state index contributed by atoms with van der Waals surface area (Å²) in [5.74, 6) is 1.09. The first kappa shape index (κ1) is 13.4. The van der Waals surface area contributed by atoms with Gasteiger partial charge in [0.15, 0.2) is 0 Å². The fraction of sp³-hybridized carbons (Fsp3) is 0.267. The number of rotatable bonds is 4. The van der Waals surface area contributed by atoms with E-state index in [2.05, 4.69) is 26.8 Å². The number of hydrogen-bond donors (Lipinski definition) is 2. The summed E-state index contributed by atoms with van der Waals surface area (Å²) in [5.41, 5.74) is 4.74. The zero-order chi connectivity index (χ0) is 14.7. The van der Waals surface area contributed by atoms with Crippen molar-refractivity contribution in [1.82, 2.24) is 15.4 Å². The SMILES string of the molecule is CN(NC(=O)Nc1cccc(C2CC2)c1)c1ncccn1. The molecule has 0 spiro atoms. The molecule has 1 aromatic heterocycles. The van der Waals surface area contributed by atoms with Crippen LogP contribution in [-0.2, 0) is 0 Å². The first-order chi connectivity index (χ1) is 10.2. The van der Waals surface area contributed by atoms with E-state index in [4.69, 9.17) is 0 Å². The average molecular weight is 283 g/mol. The fourth-order valence-electron chi connectivity index (χ4n) is 2.11. The number of nitrogens with zero attached hydrogens (tertiary/aromatic N) is 3. The monoisotopic (exact) mass is 283 g/mol. The Morgan fingerprint density at radius 2 is 2.00 bits per heavy atom. The number of hydrazine groups is 1. The van der Waals surface area contributed by atoms with E-state index in [1.807, 2.05) is 18.2 Å². The Hall–Kier alpha value is -2.63. The van der Waals surface area contributed by atoms with Gasteiger partial charge in [-0.1, -0.05) is 12.1 Å². The Balaban J connectivity index is 1.60. The molecule has 108 valence electrons.